The van der Waals surface area contributed by atoms with E-state index in [1.165, 1.54) is 24.3 Å². The van der Waals surface area contributed by atoms with Crippen molar-refractivity contribution < 1.29 is 23.4 Å². The zero-order chi connectivity index (χ0) is 16.2. The van der Waals surface area contributed by atoms with E-state index in [2.05, 4.69) is 5.32 Å². The first-order valence-corrected chi connectivity index (χ1v) is 8.60. The third-order valence-corrected chi connectivity index (χ3v) is 4.28. The van der Waals surface area contributed by atoms with E-state index >= 15 is 0 Å². The molecule has 0 radical (unpaired) electrons. The lowest BCUT2D eigenvalue weighted by Crippen LogP contribution is -2.44. The van der Waals surface area contributed by atoms with Crippen LogP contribution in [-0.2, 0) is 14.6 Å². The van der Waals surface area contributed by atoms with Crippen LogP contribution in [0.15, 0.2) is 29.2 Å². The smallest absolute Gasteiger partial charge is 0.253 e. The zero-order valence-electron chi connectivity index (χ0n) is 11.0. The van der Waals surface area contributed by atoms with Gasteiger partial charge in [-0.25, -0.2) is 8.42 Å². The average Bonchev–Trinajstić information content (AvgIpc) is 2.42. The van der Waals surface area contributed by atoms with Crippen LogP contribution >= 0.6 is 23.2 Å². The number of aliphatic hydroxyl groups is 2. The van der Waals surface area contributed by atoms with Crippen molar-refractivity contribution in [1.82, 2.24) is 5.32 Å². The Balaban J connectivity index is 2.90. The fourth-order valence-corrected chi connectivity index (χ4v) is 2.37. The second-order valence-electron chi connectivity index (χ2n) is 4.38. The number of nitrogens with one attached hydrogen (secondary N) is 1. The summed E-state index contributed by atoms with van der Waals surface area (Å²) in [4.78, 5) is 10.1. The van der Waals surface area contributed by atoms with Gasteiger partial charge in [0.15, 0.2) is 14.7 Å². The first-order chi connectivity index (χ1) is 9.66. The molecule has 1 aromatic rings. The van der Waals surface area contributed by atoms with Crippen LogP contribution in [0.2, 0.25) is 0 Å². The fourth-order valence-electron chi connectivity index (χ4n) is 1.61. The molecule has 0 heterocycles. The van der Waals surface area contributed by atoms with Crippen LogP contribution in [0.5, 0.6) is 0 Å². The fraction of sp³-hybridized carbons (Fsp3) is 0.417. The molecule has 0 fully saturated rings. The first-order valence-electron chi connectivity index (χ1n) is 5.84. The van der Waals surface area contributed by atoms with Crippen LogP contribution in [0.3, 0.4) is 0 Å². The summed E-state index contributed by atoms with van der Waals surface area (Å²) < 4.78 is 22.7. The van der Waals surface area contributed by atoms with Crippen LogP contribution in [0.25, 0.3) is 0 Å². The van der Waals surface area contributed by atoms with E-state index in [-0.39, 0.29) is 4.90 Å². The number of halogens is 2. The highest BCUT2D eigenvalue weighted by atomic mass is 35.5. The van der Waals surface area contributed by atoms with Gasteiger partial charge in [0.05, 0.1) is 17.5 Å². The van der Waals surface area contributed by atoms with Gasteiger partial charge in [-0.05, 0) is 17.7 Å². The Bertz CT molecular complexity index is 588. The highest BCUT2D eigenvalue weighted by Gasteiger charge is 2.24. The summed E-state index contributed by atoms with van der Waals surface area (Å²) in [7, 11) is -3.34. The lowest BCUT2D eigenvalue weighted by Gasteiger charge is -2.23. The Kier molecular flexibility index (Phi) is 6.42. The summed E-state index contributed by atoms with van der Waals surface area (Å²) >= 11 is 10.7. The van der Waals surface area contributed by atoms with E-state index in [1.54, 1.807) is 0 Å². The van der Waals surface area contributed by atoms with Gasteiger partial charge in [0.2, 0.25) is 0 Å². The maximum Gasteiger partial charge on any atom is 0.253 e. The van der Waals surface area contributed by atoms with E-state index in [9.17, 15) is 23.4 Å². The highest BCUT2D eigenvalue weighted by Crippen LogP contribution is 2.20. The Labute approximate surface area is 132 Å². The third kappa shape index (κ3) is 5.12. The third-order valence-electron chi connectivity index (χ3n) is 2.75. The molecule has 0 saturated carbocycles. The number of sulfone groups is 1. The summed E-state index contributed by atoms with van der Waals surface area (Å²) in [5, 5.41) is 21.6. The lowest BCUT2D eigenvalue weighted by atomic mass is 10.0. The number of carbonyl (C=O) groups excluding carboxylic acids is 1. The maximum atomic E-state index is 11.4. The number of alkyl halides is 2. The molecule has 0 bridgehead atoms. The van der Waals surface area contributed by atoms with Gasteiger partial charge in [-0.1, -0.05) is 35.3 Å². The SMILES string of the molecule is CS(=O)(=O)c1ccc([C@@H](O)C(CO)NC(=O)C(Cl)Cl)cc1. The normalized spacial score (nSPS) is 14.8. The van der Waals surface area contributed by atoms with Crippen molar-refractivity contribution in [2.24, 2.45) is 0 Å². The molecule has 0 saturated heterocycles. The molecule has 118 valence electrons. The van der Waals surface area contributed by atoms with Crippen molar-refractivity contribution in [2.45, 2.75) is 21.9 Å². The quantitative estimate of drug-likeness (QED) is 0.641. The van der Waals surface area contributed by atoms with Crippen LogP contribution < -0.4 is 5.32 Å². The molecule has 3 N–H and O–H groups in total. The number of amides is 1. The van der Waals surface area contributed by atoms with Crippen LogP contribution in [-0.4, -0.2) is 48.3 Å². The second-order valence-corrected chi connectivity index (χ2v) is 7.50. The van der Waals surface area contributed by atoms with Crippen LogP contribution in [0, 0.1) is 0 Å². The molecular weight excluding hydrogens is 341 g/mol. The summed E-state index contributed by atoms with van der Waals surface area (Å²) in [5.41, 5.74) is 0.336. The topological polar surface area (TPSA) is 104 Å². The number of aliphatic hydroxyl groups excluding tert-OH is 2. The predicted molar refractivity (Wildman–Crippen MR) is 79.0 cm³/mol. The first kappa shape index (κ1) is 18.2. The molecule has 6 nitrogen and oxygen atoms in total. The van der Waals surface area contributed by atoms with Gasteiger partial charge in [0, 0.05) is 6.26 Å². The van der Waals surface area contributed by atoms with Crippen molar-refractivity contribution in [1.29, 1.82) is 0 Å². The average molecular weight is 356 g/mol. The van der Waals surface area contributed by atoms with Crippen molar-refractivity contribution in [3.8, 4) is 0 Å². The van der Waals surface area contributed by atoms with Gasteiger partial charge >= 0.3 is 0 Å². The van der Waals surface area contributed by atoms with Gasteiger partial charge in [-0.2, -0.15) is 0 Å². The van der Waals surface area contributed by atoms with Crippen molar-refractivity contribution >= 4 is 38.9 Å². The monoisotopic (exact) mass is 355 g/mol. The van der Waals surface area contributed by atoms with Gasteiger partial charge in [0.25, 0.3) is 5.91 Å². The molecule has 0 aliphatic rings. The number of hydrogen-bond acceptors (Lipinski definition) is 5. The minimum absolute atomic E-state index is 0.101. The zero-order valence-corrected chi connectivity index (χ0v) is 13.4. The molecule has 9 heteroatoms. The minimum Gasteiger partial charge on any atom is -0.394 e. The molecule has 0 aromatic heterocycles. The van der Waals surface area contributed by atoms with Crippen molar-refractivity contribution in [3.05, 3.63) is 29.8 Å². The Morgan fingerprint density at radius 1 is 1.29 bits per heavy atom. The molecule has 0 aliphatic carbocycles. The number of rotatable bonds is 6. The van der Waals surface area contributed by atoms with Gasteiger partial charge in [-0.15, -0.1) is 0 Å². The lowest BCUT2D eigenvalue weighted by molar-refractivity contribution is -0.121. The summed E-state index contributed by atoms with van der Waals surface area (Å²) in [6.07, 6.45) is -0.171. The Morgan fingerprint density at radius 2 is 1.81 bits per heavy atom. The molecule has 1 amide bonds. The number of benzene rings is 1. The van der Waals surface area contributed by atoms with E-state index < -0.39 is 39.3 Å². The van der Waals surface area contributed by atoms with Crippen molar-refractivity contribution in [3.63, 3.8) is 0 Å². The van der Waals surface area contributed by atoms with Gasteiger partial charge in [-0.3, -0.25) is 4.79 Å². The molecule has 21 heavy (non-hydrogen) atoms. The maximum absolute atomic E-state index is 11.4. The molecule has 2 atom stereocenters. The summed E-state index contributed by atoms with van der Waals surface area (Å²) in [6.45, 7) is -0.540. The summed E-state index contributed by atoms with van der Waals surface area (Å²) in [5.74, 6) is -0.746. The Morgan fingerprint density at radius 3 is 2.19 bits per heavy atom. The van der Waals surface area contributed by atoms with Gasteiger partial charge in [0.1, 0.15) is 6.10 Å². The predicted octanol–water partition coefficient (Wildman–Crippen LogP) is 0.404. The van der Waals surface area contributed by atoms with E-state index in [0.29, 0.717) is 5.56 Å². The molecule has 0 spiro atoms. The number of hydrogen-bond donors (Lipinski definition) is 3. The molecular formula is C12H15Cl2NO5S. The standard InChI is InChI=1S/C12H15Cl2NO5S/c1-21(19,20)8-4-2-7(3-5-8)10(17)9(6-16)15-12(18)11(13)14/h2-5,9-11,16-17H,6H2,1H3,(H,15,18)/t9?,10-/m1/s1. The Hall–Kier alpha value is -0.860. The van der Waals surface area contributed by atoms with Crippen LogP contribution in [0.1, 0.15) is 11.7 Å². The minimum atomic E-state index is -3.34. The van der Waals surface area contributed by atoms with E-state index in [4.69, 9.17) is 23.2 Å². The molecule has 0 aliphatic heterocycles. The summed E-state index contributed by atoms with van der Waals surface area (Å²) in [6, 6.07) is 4.44. The largest absolute Gasteiger partial charge is 0.394 e. The van der Waals surface area contributed by atoms with E-state index in [0.717, 1.165) is 6.26 Å². The van der Waals surface area contributed by atoms with Crippen LogP contribution in [0.4, 0.5) is 0 Å². The molecule has 1 aromatic carbocycles. The second kappa shape index (κ2) is 7.42. The van der Waals surface area contributed by atoms with Gasteiger partial charge < -0.3 is 15.5 Å². The van der Waals surface area contributed by atoms with E-state index in [1.807, 2.05) is 0 Å². The van der Waals surface area contributed by atoms with Crippen molar-refractivity contribution in [2.75, 3.05) is 12.9 Å². The number of carbonyl (C=O) groups is 1. The molecule has 1 rings (SSSR count). The highest BCUT2D eigenvalue weighted by molar-refractivity contribution is 7.90. The molecule has 1 unspecified atom stereocenters.